The van der Waals surface area contributed by atoms with Crippen LogP contribution >= 0.6 is 24.8 Å². The summed E-state index contributed by atoms with van der Waals surface area (Å²) in [5.74, 6) is 0. The molecule has 3 heterocycles. The van der Waals surface area contributed by atoms with E-state index in [0.29, 0.717) is 0 Å². The van der Waals surface area contributed by atoms with E-state index in [4.69, 9.17) is 0 Å². The molecule has 0 unspecified atom stereocenters. The minimum absolute atomic E-state index is 0. The third-order valence-corrected chi connectivity index (χ3v) is 4.56. The molecule has 0 atom stereocenters. The van der Waals surface area contributed by atoms with Crippen molar-refractivity contribution >= 4 is 35.7 Å². The van der Waals surface area contributed by atoms with Gasteiger partial charge in [0.05, 0.1) is 11.2 Å². The summed E-state index contributed by atoms with van der Waals surface area (Å²) in [5, 5.41) is 12.5. The van der Waals surface area contributed by atoms with Gasteiger partial charge in [0.15, 0.2) is 0 Å². The van der Waals surface area contributed by atoms with Gasteiger partial charge in [0.1, 0.15) is 12.7 Å². The zero-order valence-electron chi connectivity index (χ0n) is 14.0. The summed E-state index contributed by atoms with van der Waals surface area (Å²) in [6, 6.07) is 8.67. The molecule has 3 aromatic rings. The number of fused-ring (bicyclic) bond motifs is 1. The number of aryl methyl sites for hydroxylation is 1. The zero-order chi connectivity index (χ0) is 15.5. The Labute approximate surface area is 160 Å². The fraction of sp³-hybridized carbons (Fsp3) is 0.412. The molecule has 6 nitrogen and oxygen atoms in total. The number of benzene rings is 1. The second-order valence-corrected chi connectivity index (χ2v) is 6.07. The van der Waals surface area contributed by atoms with Crippen molar-refractivity contribution in [1.29, 1.82) is 0 Å². The Kier molecular flexibility index (Phi) is 7.25. The quantitative estimate of drug-likeness (QED) is 0.735. The maximum Gasteiger partial charge on any atom is 0.123 e. The molecule has 1 N–H and O–H groups in total. The van der Waals surface area contributed by atoms with Gasteiger partial charge in [-0.3, -0.25) is 4.57 Å². The molecule has 0 spiro atoms. The molecule has 0 saturated carbocycles. The van der Waals surface area contributed by atoms with Crippen molar-refractivity contribution in [3.63, 3.8) is 0 Å². The molecule has 4 rings (SSSR count). The molecule has 0 radical (unpaired) electrons. The number of aromatic nitrogens is 4. The van der Waals surface area contributed by atoms with Crippen LogP contribution in [-0.2, 0) is 6.54 Å². The van der Waals surface area contributed by atoms with Gasteiger partial charge in [-0.2, -0.15) is 0 Å². The van der Waals surface area contributed by atoms with Crippen LogP contribution < -0.4 is 5.32 Å². The lowest BCUT2D eigenvalue weighted by Gasteiger charge is -2.27. The van der Waals surface area contributed by atoms with Crippen molar-refractivity contribution in [2.24, 2.45) is 0 Å². The van der Waals surface area contributed by atoms with Crippen molar-refractivity contribution in [3.05, 3.63) is 43.1 Å². The number of hydrogen-bond acceptors (Lipinski definition) is 4. The maximum absolute atomic E-state index is 3.89. The first-order valence-corrected chi connectivity index (χ1v) is 8.27. The van der Waals surface area contributed by atoms with Gasteiger partial charge in [-0.15, -0.1) is 35.0 Å². The van der Waals surface area contributed by atoms with Crippen molar-refractivity contribution < 1.29 is 0 Å². The number of halogens is 2. The van der Waals surface area contributed by atoms with Crippen LogP contribution in [0.25, 0.3) is 16.6 Å². The Balaban J connectivity index is 0.00000113. The minimum Gasteiger partial charge on any atom is -0.347 e. The summed E-state index contributed by atoms with van der Waals surface area (Å²) in [5.41, 5.74) is 2.38. The fourth-order valence-electron chi connectivity index (χ4n) is 3.26. The highest BCUT2D eigenvalue weighted by molar-refractivity contribution is 5.85. The maximum atomic E-state index is 3.89. The average molecular weight is 383 g/mol. The molecule has 8 heteroatoms. The standard InChI is InChI=1S/C17H22N6.2ClH/c1(7-21-10-5-18-6-11-21)8-22-9-4-15-2-3-16(12-17(15)22)23-13-19-20-14-23;;/h2-4,9,12-14,18H,1,5-8,10-11H2;2*1H. The lowest BCUT2D eigenvalue weighted by atomic mass is 10.2. The van der Waals surface area contributed by atoms with E-state index in [2.05, 4.69) is 55.4 Å². The smallest absolute Gasteiger partial charge is 0.123 e. The summed E-state index contributed by atoms with van der Waals surface area (Å²) < 4.78 is 4.29. The van der Waals surface area contributed by atoms with Crippen LogP contribution in [0, 0.1) is 0 Å². The van der Waals surface area contributed by atoms with Crippen LogP contribution in [-0.4, -0.2) is 57.0 Å². The van der Waals surface area contributed by atoms with Crippen LogP contribution in [0.3, 0.4) is 0 Å². The van der Waals surface area contributed by atoms with Gasteiger partial charge in [0.2, 0.25) is 0 Å². The summed E-state index contributed by atoms with van der Waals surface area (Å²) >= 11 is 0. The number of nitrogens with zero attached hydrogens (tertiary/aromatic N) is 5. The zero-order valence-corrected chi connectivity index (χ0v) is 15.7. The number of rotatable bonds is 5. The van der Waals surface area contributed by atoms with E-state index < -0.39 is 0 Å². The lowest BCUT2D eigenvalue weighted by Crippen LogP contribution is -2.43. The molecule has 25 heavy (non-hydrogen) atoms. The first kappa shape index (κ1) is 19.7. The van der Waals surface area contributed by atoms with Crippen LogP contribution in [0.4, 0.5) is 0 Å². The Morgan fingerprint density at radius 1 is 0.960 bits per heavy atom. The summed E-state index contributed by atoms with van der Waals surface area (Å²) in [4.78, 5) is 2.55. The van der Waals surface area contributed by atoms with Gasteiger partial charge in [0.25, 0.3) is 0 Å². The van der Waals surface area contributed by atoms with E-state index in [9.17, 15) is 0 Å². The van der Waals surface area contributed by atoms with E-state index in [1.54, 1.807) is 12.7 Å². The highest BCUT2D eigenvalue weighted by atomic mass is 35.5. The minimum atomic E-state index is 0. The molecular weight excluding hydrogens is 359 g/mol. The van der Waals surface area contributed by atoms with Crippen molar-refractivity contribution in [2.45, 2.75) is 13.0 Å². The van der Waals surface area contributed by atoms with Gasteiger partial charge in [0, 0.05) is 38.9 Å². The van der Waals surface area contributed by atoms with Crippen LogP contribution in [0.5, 0.6) is 0 Å². The molecule has 1 aliphatic heterocycles. The topological polar surface area (TPSA) is 50.9 Å². The van der Waals surface area contributed by atoms with E-state index in [1.807, 2.05) is 4.57 Å². The molecule has 1 aromatic carbocycles. The van der Waals surface area contributed by atoms with E-state index >= 15 is 0 Å². The Morgan fingerprint density at radius 3 is 2.48 bits per heavy atom. The van der Waals surface area contributed by atoms with E-state index in [-0.39, 0.29) is 24.8 Å². The number of hydrogen-bond donors (Lipinski definition) is 1. The predicted octanol–water partition coefficient (Wildman–Crippen LogP) is 2.36. The summed E-state index contributed by atoms with van der Waals surface area (Å²) in [7, 11) is 0. The first-order valence-electron chi connectivity index (χ1n) is 8.27. The Hall–Kier alpha value is -1.60. The normalized spacial score (nSPS) is 14.9. The SMILES string of the molecule is Cl.Cl.c1cc2ccn(CCCN3CCNCC3)c2cc1-n1cnnc1. The monoisotopic (exact) mass is 382 g/mol. The van der Waals surface area contributed by atoms with E-state index in [1.165, 1.54) is 37.0 Å². The summed E-state index contributed by atoms with van der Waals surface area (Å²) in [6.45, 7) is 6.81. The van der Waals surface area contributed by atoms with Gasteiger partial charge in [-0.25, -0.2) is 0 Å². The molecule has 1 fully saturated rings. The molecule has 2 aromatic heterocycles. The molecule has 136 valence electrons. The van der Waals surface area contributed by atoms with Gasteiger partial charge in [-0.05, 0) is 36.6 Å². The highest BCUT2D eigenvalue weighted by Gasteiger charge is 2.09. The number of nitrogens with one attached hydrogen (secondary N) is 1. The Morgan fingerprint density at radius 2 is 1.72 bits per heavy atom. The van der Waals surface area contributed by atoms with E-state index in [0.717, 1.165) is 25.3 Å². The fourth-order valence-corrected chi connectivity index (χ4v) is 3.26. The van der Waals surface area contributed by atoms with Crippen molar-refractivity contribution in [3.8, 4) is 5.69 Å². The third kappa shape index (κ3) is 4.52. The first-order chi connectivity index (χ1) is 11.4. The lowest BCUT2D eigenvalue weighted by molar-refractivity contribution is 0.235. The van der Waals surface area contributed by atoms with Crippen molar-refractivity contribution in [1.82, 2.24) is 29.5 Å². The van der Waals surface area contributed by atoms with Crippen LogP contribution in [0.1, 0.15) is 6.42 Å². The highest BCUT2D eigenvalue weighted by Crippen LogP contribution is 2.20. The average Bonchev–Trinajstić information content (AvgIpc) is 3.25. The summed E-state index contributed by atoms with van der Waals surface area (Å²) in [6.07, 6.45) is 6.84. The largest absolute Gasteiger partial charge is 0.347 e. The predicted molar refractivity (Wildman–Crippen MR) is 105 cm³/mol. The molecule has 0 bridgehead atoms. The van der Waals surface area contributed by atoms with Gasteiger partial charge < -0.3 is 14.8 Å². The van der Waals surface area contributed by atoms with Gasteiger partial charge >= 0.3 is 0 Å². The molecule has 1 aliphatic rings. The molecule has 1 saturated heterocycles. The molecular formula is C17H24Cl2N6. The van der Waals surface area contributed by atoms with Crippen LogP contribution in [0.15, 0.2) is 43.1 Å². The third-order valence-electron chi connectivity index (χ3n) is 4.56. The van der Waals surface area contributed by atoms with Crippen molar-refractivity contribution in [2.75, 3.05) is 32.7 Å². The molecule has 0 amide bonds. The number of piperazine rings is 1. The second-order valence-electron chi connectivity index (χ2n) is 6.07. The Bertz CT molecular complexity index is 765. The second kappa shape index (κ2) is 9.20. The van der Waals surface area contributed by atoms with Gasteiger partial charge in [-0.1, -0.05) is 6.07 Å². The molecule has 0 aliphatic carbocycles. The van der Waals surface area contributed by atoms with Crippen LogP contribution in [0.2, 0.25) is 0 Å².